The summed E-state index contributed by atoms with van der Waals surface area (Å²) < 4.78 is 6.58. The van der Waals surface area contributed by atoms with Gasteiger partial charge in [-0.05, 0) is 56.5 Å². The fraction of sp³-hybridized carbons (Fsp3) is 0.500. The highest BCUT2D eigenvalue weighted by molar-refractivity contribution is 5.94. The summed E-state index contributed by atoms with van der Waals surface area (Å²) in [6.45, 7) is 6.81. The van der Waals surface area contributed by atoms with Crippen LogP contribution in [0.15, 0.2) is 24.3 Å². The summed E-state index contributed by atoms with van der Waals surface area (Å²) in [6, 6.07) is 7.44. The summed E-state index contributed by atoms with van der Waals surface area (Å²) in [5.41, 5.74) is 4.49. The van der Waals surface area contributed by atoms with Gasteiger partial charge in [-0.15, -0.1) is 0 Å². The minimum atomic E-state index is -0.225. The van der Waals surface area contributed by atoms with Crippen molar-refractivity contribution in [3.05, 3.63) is 46.8 Å². The Labute approximate surface area is 167 Å². The predicted molar refractivity (Wildman–Crippen MR) is 110 cm³/mol. The molecule has 6 nitrogen and oxygen atoms in total. The zero-order chi connectivity index (χ0) is 20.5. The van der Waals surface area contributed by atoms with E-state index in [1.807, 2.05) is 42.8 Å². The molecule has 0 aliphatic heterocycles. The molecule has 0 radical (unpaired) electrons. The lowest BCUT2D eigenvalue weighted by atomic mass is 10.1. The van der Waals surface area contributed by atoms with Crippen LogP contribution in [0.5, 0.6) is 0 Å². The van der Waals surface area contributed by atoms with Crippen LogP contribution in [0.4, 0.5) is 0 Å². The van der Waals surface area contributed by atoms with E-state index in [1.165, 1.54) is 20.0 Å². The molecule has 1 N–H and O–H groups in total. The average Bonchev–Trinajstić information content (AvgIpc) is 2.99. The van der Waals surface area contributed by atoms with Gasteiger partial charge in [0, 0.05) is 24.2 Å². The summed E-state index contributed by atoms with van der Waals surface area (Å²) in [4.78, 5) is 23.7. The molecule has 0 saturated heterocycles. The van der Waals surface area contributed by atoms with E-state index in [1.54, 1.807) is 0 Å². The standard InChI is InChI=1S/C22H31N3O3/c1-5-6-7-8-15-23-22(27)18-9-11-19(12-10-18)25-17(3)20(16(2)24-25)13-14-21(26)28-4/h9-12H,5-8,13-15H2,1-4H3,(H,23,27). The third-order valence-corrected chi connectivity index (χ3v) is 4.94. The molecule has 152 valence electrons. The van der Waals surface area contributed by atoms with Crippen molar-refractivity contribution in [2.45, 2.75) is 59.3 Å². The molecule has 1 aromatic heterocycles. The normalized spacial score (nSPS) is 10.7. The fourth-order valence-electron chi connectivity index (χ4n) is 3.23. The maximum Gasteiger partial charge on any atom is 0.305 e. The molecule has 0 unspecified atom stereocenters. The maximum atomic E-state index is 12.3. The predicted octanol–water partition coefficient (Wildman–Crippen LogP) is 3.90. The lowest BCUT2D eigenvalue weighted by molar-refractivity contribution is -0.140. The Kier molecular flexibility index (Phi) is 8.23. The van der Waals surface area contributed by atoms with E-state index in [0.717, 1.165) is 35.5 Å². The monoisotopic (exact) mass is 385 g/mol. The van der Waals surface area contributed by atoms with Gasteiger partial charge >= 0.3 is 5.97 Å². The first-order valence-electron chi connectivity index (χ1n) is 9.98. The Morgan fingerprint density at radius 3 is 2.46 bits per heavy atom. The first kappa shape index (κ1) is 21.7. The van der Waals surface area contributed by atoms with E-state index >= 15 is 0 Å². The summed E-state index contributed by atoms with van der Waals surface area (Å²) >= 11 is 0. The molecule has 0 saturated carbocycles. The number of carbonyl (C=O) groups excluding carboxylic acids is 2. The second-order valence-corrected chi connectivity index (χ2v) is 7.00. The number of nitrogens with zero attached hydrogens (tertiary/aromatic N) is 2. The van der Waals surface area contributed by atoms with Crippen LogP contribution >= 0.6 is 0 Å². The molecule has 2 rings (SSSR count). The van der Waals surface area contributed by atoms with Crippen molar-refractivity contribution in [3.63, 3.8) is 0 Å². The molecule has 0 aliphatic carbocycles. The molecule has 0 aliphatic rings. The van der Waals surface area contributed by atoms with E-state index in [0.29, 0.717) is 24.9 Å². The fourth-order valence-corrected chi connectivity index (χ4v) is 3.23. The van der Waals surface area contributed by atoms with Crippen LogP contribution in [0.1, 0.15) is 66.3 Å². The number of esters is 1. The number of methoxy groups -OCH3 is 1. The Morgan fingerprint density at radius 1 is 1.11 bits per heavy atom. The third-order valence-electron chi connectivity index (χ3n) is 4.94. The number of nitrogens with one attached hydrogen (secondary N) is 1. The molecule has 0 fully saturated rings. The van der Waals surface area contributed by atoms with E-state index in [9.17, 15) is 9.59 Å². The van der Waals surface area contributed by atoms with Gasteiger partial charge in [-0.25, -0.2) is 4.68 Å². The van der Waals surface area contributed by atoms with Gasteiger partial charge < -0.3 is 10.1 Å². The Hall–Kier alpha value is -2.63. The van der Waals surface area contributed by atoms with Crippen LogP contribution in [0.25, 0.3) is 5.69 Å². The minimum Gasteiger partial charge on any atom is -0.469 e. The van der Waals surface area contributed by atoms with E-state index < -0.39 is 0 Å². The van der Waals surface area contributed by atoms with Crippen LogP contribution in [0.2, 0.25) is 0 Å². The summed E-state index contributed by atoms with van der Waals surface area (Å²) in [5, 5.41) is 7.57. The van der Waals surface area contributed by atoms with Crippen molar-refractivity contribution in [3.8, 4) is 5.69 Å². The topological polar surface area (TPSA) is 73.2 Å². The van der Waals surface area contributed by atoms with Crippen molar-refractivity contribution in [2.75, 3.05) is 13.7 Å². The summed E-state index contributed by atoms with van der Waals surface area (Å²) in [5.74, 6) is -0.271. The number of aromatic nitrogens is 2. The molecular formula is C22H31N3O3. The molecular weight excluding hydrogens is 354 g/mol. The minimum absolute atomic E-state index is 0.0461. The molecule has 6 heteroatoms. The quantitative estimate of drug-likeness (QED) is 0.497. The number of benzene rings is 1. The van der Waals surface area contributed by atoms with E-state index in [-0.39, 0.29) is 11.9 Å². The smallest absolute Gasteiger partial charge is 0.305 e. The summed E-state index contributed by atoms with van der Waals surface area (Å²) in [7, 11) is 1.40. The molecule has 0 bridgehead atoms. The molecule has 28 heavy (non-hydrogen) atoms. The van der Waals surface area contributed by atoms with Gasteiger partial charge in [-0.3, -0.25) is 9.59 Å². The summed E-state index contributed by atoms with van der Waals surface area (Å²) in [6.07, 6.45) is 5.48. The maximum absolute atomic E-state index is 12.3. The van der Waals surface area contributed by atoms with Gasteiger partial charge in [-0.1, -0.05) is 26.2 Å². The first-order valence-corrected chi connectivity index (χ1v) is 9.98. The first-order chi connectivity index (χ1) is 13.5. The second kappa shape index (κ2) is 10.6. The zero-order valence-electron chi connectivity index (χ0n) is 17.4. The van der Waals surface area contributed by atoms with Gasteiger partial charge in [0.05, 0.1) is 18.5 Å². The number of aryl methyl sites for hydroxylation is 1. The van der Waals surface area contributed by atoms with Crippen LogP contribution in [-0.4, -0.2) is 35.3 Å². The van der Waals surface area contributed by atoms with Crippen LogP contribution in [0, 0.1) is 13.8 Å². The van der Waals surface area contributed by atoms with Gasteiger partial charge in [0.1, 0.15) is 0 Å². The van der Waals surface area contributed by atoms with Crippen molar-refractivity contribution in [1.29, 1.82) is 0 Å². The van der Waals surface area contributed by atoms with E-state index in [2.05, 4.69) is 17.3 Å². The lowest BCUT2D eigenvalue weighted by Gasteiger charge is -2.08. The molecule has 1 aromatic carbocycles. The van der Waals surface area contributed by atoms with Crippen LogP contribution in [-0.2, 0) is 16.0 Å². The number of ether oxygens (including phenoxy) is 1. The Morgan fingerprint density at radius 2 is 1.82 bits per heavy atom. The van der Waals surface area contributed by atoms with Gasteiger partial charge in [0.25, 0.3) is 5.91 Å². The third kappa shape index (κ3) is 5.68. The molecule has 0 atom stereocenters. The van der Waals surface area contributed by atoms with Gasteiger partial charge in [0.2, 0.25) is 0 Å². The molecule has 2 aromatic rings. The highest BCUT2D eigenvalue weighted by Crippen LogP contribution is 2.20. The highest BCUT2D eigenvalue weighted by Gasteiger charge is 2.15. The van der Waals surface area contributed by atoms with E-state index in [4.69, 9.17) is 4.74 Å². The average molecular weight is 386 g/mol. The number of carbonyl (C=O) groups is 2. The van der Waals surface area contributed by atoms with Crippen LogP contribution < -0.4 is 5.32 Å². The molecule has 0 spiro atoms. The van der Waals surface area contributed by atoms with Crippen molar-refractivity contribution in [1.82, 2.24) is 15.1 Å². The number of unbranched alkanes of at least 4 members (excludes halogenated alkanes) is 3. The zero-order valence-corrected chi connectivity index (χ0v) is 17.4. The van der Waals surface area contributed by atoms with Crippen molar-refractivity contribution in [2.24, 2.45) is 0 Å². The number of hydrogen-bond acceptors (Lipinski definition) is 4. The van der Waals surface area contributed by atoms with Gasteiger partial charge in [-0.2, -0.15) is 5.10 Å². The second-order valence-electron chi connectivity index (χ2n) is 7.00. The number of rotatable bonds is 10. The van der Waals surface area contributed by atoms with Gasteiger partial charge in [0.15, 0.2) is 0 Å². The molecule has 1 amide bonds. The largest absolute Gasteiger partial charge is 0.469 e. The Bertz CT molecular complexity index is 794. The van der Waals surface area contributed by atoms with Crippen molar-refractivity contribution >= 4 is 11.9 Å². The lowest BCUT2D eigenvalue weighted by Crippen LogP contribution is -2.24. The molecule has 1 heterocycles. The number of amides is 1. The van der Waals surface area contributed by atoms with Crippen molar-refractivity contribution < 1.29 is 14.3 Å². The number of hydrogen-bond donors (Lipinski definition) is 1. The SMILES string of the molecule is CCCCCCNC(=O)c1ccc(-n2nc(C)c(CCC(=O)OC)c2C)cc1. The highest BCUT2D eigenvalue weighted by atomic mass is 16.5. The Balaban J connectivity index is 2.03. The van der Waals surface area contributed by atoms with Crippen LogP contribution in [0.3, 0.4) is 0 Å².